The number of ether oxygens (including phenoxy) is 2. The average molecular weight is 360 g/mol. The maximum atomic E-state index is 12.5. The normalized spacial score (nSPS) is 14.2. The van der Waals surface area contributed by atoms with Crippen LogP contribution < -0.4 is 20.3 Å². The van der Waals surface area contributed by atoms with Crippen LogP contribution in [0, 0.1) is 6.92 Å². The number of amides is 1. The highest BCUT2D eigenvalue weighted by molar-refractivity contribution is 6.31. The number of hydrogen-bond donors (Lipinski definition) is 1. The van der Waals surface area contributed by atoms with Crippen LogP contribution in [0.5, 0.6) is 11.5 Å². The van der Waals surface area contributed by atoms with Gasteiger partial charge in [0.2, 0.25) is 6.79 Å². The zero-order valence-electron chi connectivity index (χ0n) is 13.3. The van der Waals surface area contributed by atoms with Crippen molar-refractivity contribution >= 4 is 23.1 Å². The summed E-state index contributed by atoms with van der Waals surface area (Å²) in [5.74, 6) is 1.40. The van der Waals surface area contributed by atoms with Crippen molar-refractivity contribution in [3.05, 3.63) is 56.7 Å². The lowest BCUT2D eigenvalue weighted by Gasteiger charge is -2.09. The number of aromatic nitrogens is 2. The van der Waals surface area contributed by atoms with Crippen molar-refractivity contribution in [2.45, 2.75) is 20.0 Å². The van der Waals surface area contributed by atoms with Gasteiger partial charge in [-0.3, -0.25) is 14.2 Å². The standard InChI is InChI=1S/C17H14ClN3O4/c1-9-14(18)17(23)21-5-4-11(15(21)20-9)16(22)19-7-10-2-3-12-13(6-10)25-8-24-12/h2-4,6H,5,7-8H2,1H3,(H,19,22). The van der Waals surface area contributed by atoms with Crippen LogP contribution in [0.15, 0.2) is 29.1 Å². The van der Waals surface area contributed by atoms with Gasteiger partial charge in [-0.25, -0.2) is 4.98 Å². The lowest BCUT2D eigenvalue weighted by molar-refractivity contribution is -0.115. The number of rotatable bonds is 3. The Kier molecular flexibility index (Phi) is 3.73. The molecule has 1 aromatic heterocycles. The quantitative estimate of drug-likeness (QED) is 0.901. The third-order valence-electron chi connectivity index (χ3n) is 4.13. The first-order valence-corrected chi connectivity index (χ1v) is 8.06. The molecule has 0 saturated heterocycles. The molecule has 0 spiro atoms. The summed E-state index contributed by atoms with van der Waals surface area (Å²) in [5, 5.41) is 2.92. The van der Waals surface area contributed by atoms with Gasteiger partial charge in [-0.15, -0.1) is 0 Å². The minimum atomic E-state index is -0.334. The summed E-state index contributed by atoms with van der Waals surface area (Å²) in [7, 11) is 0. The van der Waals surface area contributed by atoms with Gasteiger partial charge in [0.15, 0.2) is 11.5 Å². The van der Waals surface area contributed by atoms with Gasteiger partial charge in [-0.05, 0) is 30.7 Å². The van der Waals surface area contributed by atoms with Crippen molar-refractivity contribution in [3.63, 3.8) is 0 Å². The van der Waals surface area contributed by atoms with Crippen LogP contribution in [0.4, 0.5) is 0 Å². The van der Waals surface area contributed by atoms with E-state index in [1.807, 2.05) is 12.1 Å². The summed E-state index contributed by atoms with van der Waals surface area (Å²) in [6, 6.07) is 5.49. The summed E-state index contributed by atoms with van der Waals surface area (Å²) in [6.45, 7) is 2.46. The zero-order chi connectivity index (χ0) is 17.6. The van der Waals surface area contributed by atoms with Crippen LogP contribution in [0.25, 0.3) is 5.57 Å². The summed E-state index contributed by atoms with van der Waals surface area (Å²) in [4.78, 5) is 28.9. The summed E-state index contributed by atoms with van der Waals surface area (Å²) < 4.78 is 12.0. The van der Waals surface area contributed by atoms with Gasteiger partial charge in [0, 0.05) is 13.1 Å². The molecule has 1 aromatic carbocycles. The smallest absolute Gasteiger partial charge is 0.273 e. The SMILES string of the molecule is Cc1nc2n(c(=O)c1Cl)CC=C2C(=O)NCc1ccc2c(c1)OCO2. The first kappa shape index (κ1) is 15.7. The Labute approximate surface area is 147 Å². The van der Waals surface area contributed by atoms with Gasteiger partial charge in [-0.2, -0.15) is 0 Å². The number of fused-ring (bicyclic) bond motifs is 2. The fraction of sp³-hybridized carbons (Fsp3) is 0.235. The van der Waals surface area contributed by atoms with Gasteiger partial charge in [0.1, 0.15) is 10.8 Å². The van der Waals surface area contributed by atoms with Crippen LogP contribution in [0.2, 0.25) is 5.02 Å². The molecular weight excluding hydrogens is 346 g/mol. The monoisotopic (exact) mass is 359 g/mol. The van der Waals surface area contributed by atoms with Gasteiger partial charge in [-0.1, -0.05) is 17.7 Å². The Morgan fingerprint density at radius 2 is 2.16 bits per heavy atom. The molecule has 0 atom stereocenters. The highest BCUT2D eigenvalue weighted by Gasteiger charge is 2.25. The van der Waals surface area contributed by atoms with Crippen molar-refractivity contribution in [2.75, 3.05) is 6.79 Å². The number of aryl methyl sites for hydroxylation is 1. The van der Waals surface area contributed by atoms with Crippen LogP contribution in [-0.4, -0.2) is 22.3 Å². The largest absolute Gasteiger partial charge is 0.454 e. The van der Waals surface area contributed by atoms with Gasteiger partial charge >= 0.3 is 0 Å². The molecule has 0 bridgehead atoms. The maximum absolute atomic E-state index is 12.5. The number of nitrogens with one attached hydrogen (secondary N) is 1. The molecule has 0 fully saturated rings. The van der Waals surface area contributed by atoms with E-state index in [-0.39, 0.29) is 29.8 Å². The lowest BCUT2D eigenvalue weighted by Crippen LogP contribution is -2.27. The summed E-state index contributed by atoms with van der Waals surface area (Å²) >= 11 is 5.93. The van der Waals surface area contributed by atoms with Crippen molar-refractivity contribution in [3.8, 4) is 11.5 Å². The molecule has 0 aliphatic carbocycles. The Morgan fingerprint density at radius 1 is 1.36 bits per heavy atom. The van der Waals surface area contributed by atoms with Crippen molar-refractivity contribution < 1.29 is 14.3 Å². The lowest BCUT2D eigenvalue weighted by atomic mass is 10.2. The van der Waals surface area contributed by atoms with E-state index in [9.17, 15) is 9.59 Å². The third kappa shape index (κ3) is 2.66. The molecule has 2 aromatic rings. The highest BCUT2D eigenvalue weighted by atomic mass is 35.5. The zero-order valence-corrected chi connectivity index (χ0v) is 14.1. The number of allylic oxidation sites excluding steroid dienone is 1. The molecule has 1 amide bonds. The summed E-state index contributed by atoms with van der Waals surface area (Å²) in [5.41, 5.74) is 1.33. The minimum absolute atomic E-state index is 0.0826. The Morgan fingerprint density at radius 3 is 3.00 bits per heavy atom. The maximum Gasteiger partial charge on any atom is 0.273 e. The molecule has 0 radical (unpaired) electrons. The molecule has 0 unspecified atom stereocenters. The van der Waals surface area contributed by atoms with E-state index in [1.165, 1.54) is 4.57 Å². The van der Waals surface area contributed by atoms with E-state index in [2.05, 4.69) is 10.3 Å². The van der Waals surface area contributed by atoms with Crippen molar-refractivity contribution in [2.24, 2.45) is 0 Å². The first-order valence-electron chi connectivity index (χ1n) is 7.69. The Balaban J connectivity index is 1.51. The predicted molar refractivity (Wildman–Crippen MR) is 90.6 cm³/mol. The molecule has 3 heterocycles. The van der Waals surface area contributed by atoms with Crippen molar-refractivity contribution in [1.29, 1.82) is 0 Å². The first-order chi connectivity index (χ1) is 12.0. The van der Waals surface area contributed by atoms with Crippen molar-refractivity contribution in [1.82, 2.24) is 14.9 Å². The topological polar surface area (TPSA) is 82.5 Å². The van der Waals surface area contributed by atoms with Gasteiger partial charge in [0.05, 0.1) is 11.3 Å². The second-order valence-electron chi connectivity index (χ2n) is 5.74. The Bertz CT molecular complexity index is 981. The van der Waals surface area contributed by atoms with Gasteiger partial charge < -0.3 is 14.8 Å². The number of carbonyl (C=O) groups is 1. The highest BCUT2D eigenvalue weighted by Crippen LogP contribution is 2.32. The van der Waals surface area contributed by atoms with E-state index in [4.69, 9.17) is 21.1 Å². The van der Waals surface area contributed by atoms with Crippen LogP contribution in [-0.2, 0) is 17.9 Å². The minimum Gasteiger partial charge on any atom is -0.454 e. The van der Waals surface area contributed by atoms with Crippen LogP contribution in [0.3, 0.4) is 0 Å². The van der Waals surface area contributed by atoms with E-state index in [0.29, 0.717) is 35.1 Å². The molecule has 0 saturated carbocycles. The fourth-order valence-corrected chi connectivity index (χ4v) is 2.95. The third-order valence-corrected chi connectivity index (χ3v) is 4.57. The van der Waals surface area contributed by atoms with Crippen LogP contribution >= 0.6 is 11.6 Å². The molecule has 128 valence electrons. The second kappa shape index (κ2) is 5.93. The van der Waals surface area contributed by atoms with E-state index >= 15 is 0 Å². The average Bonchev–Trinajstić information content (AvgIpc) is 3.23. The number of halogens is 1. The predicted octanol–water partition coefficient (Wildman–Crippen LogP) is 1.65. The molecule has 1 N–H and O–H groups in total. The molecule has 2 aliphatic heterocycles. The van der Waals surface area contributed by atoms with Gasteiger partial charge in [0.25, 0.3) is 11.5 Å². The number of hydrogen-bond acceptors (Lipinski definition) is 5. The number of benzene rings is 1. The molecule has 25 heavy (non-hydrogen) atoms. The Hall–Kier alpha value is -2.80. The summed E-state index contributed by atoms with van der Waals surface area (Å²) in [6.07, 6.45) is 1.68. The molecule has 4 rings (SSSR count). The van der Waals surface area contributed by atoms with E-state index in [0.717, 1.165) is 5.56 Å². The van der Waals surface area contributed by atoms with E-state index in [1.54, 1.807) is 19.1 Å². The molecule has 8 heteroatoms. The fourth-order valence-electron chi connectivity index (χ4n) is 2.81. The number of nitrogens with zero attached hydrogens (tertiary/aromatic N) is 2. The van der Waals surface area contributed by atoms with Crippen LogP contribution in [0.1, 0.15) is 17.1 Å². The molecule has 2 aliphatic rings. The molecule has 7 nitrogen and oxygen atoms in total. The molecular formula is C17H14ClN3O4. The number of carbonyl (C=O) groups excluding carboxylic acids is 1. The van der Waals surface area contributed by atoms with E-state index < -0.39 is 0 Å². The second-order valence-corrected chi connectivity index (χ2v) is 6.12.